The molecule has 0 amide bonds. The van der Waals surface area contributed by atoms with Crippen LogP contribution >= 0.6 is 45.7 Å². The zero-order chi connectivity index (χ0) is 6.85. The molecule has 0 unspecified atom stereocenters. The number of nitrogens with zero attached hydrogens (tertiary/aromatic N) is 2. The van der Waals surface area contributed by atoms with Crippen LogP contribution in [0.3, 0.4) is 0 Å². The lowest BCUT2D eigenvalue weighted by molar-refractivity contribution is 0.235. The number of halogens is 2. The highest BCUT2D eigenvalue weighted by atomic mass is 127. The molecule has 54 valence electrons. The van der Waals surface area contributed by atoms with Crippen LogP contribution < -0.4 is 0 Å². The molecule has 1 fully saturated rings. The van der Waals surface area contributed by atoms with Crippen LogP contribution in [0, 0.1) is 5.92 Å². The minimum Gasteiger partial charge on any atom is -0.223 e. The summed E-state index contributed by atoms with van der Waals surface area (Å²) in [6.07, 6.45) is 1.35. The average Bonchev–Trinajstić information content (AvgIpc) is 2.14. The molecule has 1 saturated heterocycles. The van der Waals surface area contributed by atoms with Gasteiger partial charge >= 0.3 is 0 Å². The zero-order valence-electron chi connectivity index (χ0n) is 5.35. The van der Waals surface area contributed by atoms with Crippen molar-refractivity contribution < 1.29 is 0 Å². The summed E-state index contributed by atoms with van der Waals surface area (Å²) in [6, 6.07) is 0. The van der Waals surface area contributed by atoms with Crippen molar-refractivity contribution in [3.8, 4) is 0 Å². The zero-order valence-corrected chi connectivity index (χ0v) is 9.66. The van der Waals surface area contributed by atoms with Crippen LogP contribution in [0.5, 0.6) is 0 Å². The fourth-order valence-electron chi connectivity index (χ4n) is 1.05. The van der Waals surface area contributed by atoms with Crippen molar-refractivity contribution in [2.45, 2.75) is 13.3 Å². The standard InChI is InChI=1S/C5H10I2N2/c1-5-2-3-8(4-5)9(6)7/h5H,2-4H2,1H3/t5-/m0/s1. The van der Waals surface area contributed by atoms with E-state index >= 15 is 0 Å². The average molecular weight is 352 g/mol. The van der Waals surface area contributed by atoms with Gasteiger partial charge in [-0.05, 0) is 12.3 Å². The summed E-state index contributed by atoms with van der Waals surface area (Å²) in [4.78, 5) is 0. The van der Waals surface area contributed by atoms with Crippen LogP contribution in [0.15, 0.2) is 0 Å². The van der Waals surface area contributed by atoms with E-state index in [1.54, 1.807) is 0 Å². The highest BCUT2D eigenvalue weighted by Crippen LogP contribution is 2.22. The Morgan fingerprint density at radius 1 is 1.56 bits per heavy atom. The van der Waals surface area contributed by atoms with Crippen LogP contribution in [-0.4, -0.2) is 19.5 Å². The third kappa shape index (κ3) is 2.47. The van der Waals surface area contributed by atoms with Gasteiger partial charge in [0.1, 0.15) is 0 Å². The van der Waals surface area contributed by atoms with E-state index in [9.17, 15) is 0 Å². The Hall–Kier alpha value is 1.38. The van der Waals surface area contributed by atoms with E-state index in [4.69, 9.17) is 0 Å². The maximum Gasteiger partial charge on any atom is 0.0491 e. The second-order valence-electron chi connectivity index (χ2n) is 2.52. The first kappa shape index (κ1) is 8.48. The summed E-state index contributed by atoms with van der Waals surface area (Å²) in [5.41, 5.74) is 0. The summed E-state index contributed by atoms with van der Waals surface area (Å²) in [6.45, 7) is 4.76. The first-order valence-corrected chi connectivity index (χ1v) is 4.99. The first-order chi connectivity index (χ1) is 4.20. The number of hydrogen-bond donors (Lipinski definition) is 0. The third-order valence-electron chi connectivity index (χ3n) is 1.62. The molecule has 0 bridgehead atoms. The SMILES string of the molecule is C[C@H]1CCN(N(I)I)C1. The molecule has 4 heteroatoms. The van der Waals surface area contributed by atoms with Crippen molar-refractivity contribution in [1.82, 2.24) is 6.44 Å². The van der Waals surface area contributed by atoms with Gasteiger partial charge in [0.25, 0.3) is 0 Å². The highest BCUT2D eigenvalue weighted by Gasteiger charge is 2.20. The lowest BCUT2D eigenvalue weighted by Gasteiger charge is -2.18. The maximum absolute atomic E-state index is 2.35. The van der Waals surface area contributed by atoms with Gasteiger partial charge in [0.05, 0.1) is 0 Å². The Morgan fingerprint density at radius 2 is 2.22 bits per heavy atom. The molecule has 0 aliphatic carbocycles. The molecule has 1 heterocycles. The maximum atomic E-state index is 2.35. The fraction of sp³-hybridized carbons (Fsp3) is 1.00. The van der Waals surface area contributed by atoms with Gasteiger partial charge < -0.3 is 0 Å². The summed E-state index contributed by atoms with van der Waals surface area (Å²) < 4.78 is 2.12. The Morgan fingerprint density at radius 3 is 2.44 bits per heavy atom. The summed E-state index contributed by atoms with van der Waals surface area (Å²) >= 11 is 4.60. The molecule has 1 aliphatic rings. The highest BCUT2D eigenvalue weighted by molar-refractivity contribution is 14.2. The molecule has 0 aromatic heterocycles. The van der Waals surface area contributed by atoms with Crippen molar-refractivity contribution in [2.75, 3.05) is 13.1 Å². The molecule has 1 atom stereocenters. The summed E-state index contributed by atoms with van der Waals surface area (Å²) in [5, 5.41) is 2.35. The molecule has 9 heavy (non-hydrogen) atoms. The van der Waals surface area contributed by atoms with Crippen LogP contribution in [-0.2, 0) is 0 Å². The molecule has 1 rings (SSSR count). The minimum absolute atomic E-state index is 0.886. The quantitative estimate of drug-likeness (QED) is 0.528. The van der Waals surface area contributed by atoms with Crippen molar-refractivity contribution in [1.29, 1.82) is 0 Å². The van der Waals surface area contributed by atoms with Gasteiger partial charge in [0, 0.05) is 58.8 Å². The second-order valence-corrected chi connectivity index (χ2v) is 6.20. The van der Waals surface area contributed by atoms with Crippen molar-refractivity contribution in [2.24, 2.45) is 5.92 Å². The Balaban J connectivity index is 2.30. The summed E-state index contributed by atoms with van der Waals surface area (Å²) in [5.74, 6) is 0.886. The van der Waals surface area contributed by atoms with E-state index < -0.39 is 0 Å². The Kier molecular flexibility index (Phi) is 3.47. The molecule has 0 N–H and O–H groups in total. The molecule has 0 spiro atoms. The monoisotopic (exact) mass is 352 g/mol. The van der Waals surface area contributed by atoms with Gasteiger partial charge in [-0.3, -0.25) is 0 Å². The lowest BCUT2D eigenvalue weighted by Crippen LogP contribution is -2.25. The molecule has 0 aromatic carbocycles. The van der Waals surface area contributed by atoms with Gasteiger partial charge in [0.2, 0.25) is 0 Å². The van der Waals surface area contributed by atoms with Crippen molar-refractivity contribution in [3.63, 3.8) is 0 Å². The normalized spacial score (nSPS) is 30.0. The predicted molar refractivity (Wildman–Crippen MR) is 55.2 cm³/mol. The van der Waals surface area contributed by atoms with Gasteiger partial charge in [-0.1, -0.05) is 6.92 Å². The topological polar surface area (TPSA) is 6.48 Å². The minimum atomic E-state index is 0.886. The van der Waals surface area contributed by atoms with Gasteiger partial charge in [-0.15, -0.1) is 1.44 Å². The van der Waals surface area contributed by atoms with Crippen molar-refractivity contribution >= 4 is 45.7 Å². The third-order valence-corrected chi connectivity index (χ3v) is 2.84. The van der Waals surface area contributed by atoms with E-state index in [-0.39, 0.29) is 0 Å². The Bertz CT molecular complexity index is 97.0. The van der Waals surface area contributed by atoms with Crippen molar-refractivity contribution in [3.05, 3.63) is 0 Å². The molecular weight excluding hydrogens is 342 g/mol. The van der Waals surface area contributed by atoms with Gasteiger partial charge in [-0.2, -0.15) is 0 Å². The predicted octanol–water partition coefficient (Wildman–Crippen LogP) is 2.25. The van der Waals surface area contributed by atoms with E-state index in [1.807, 2.05) is 0 Å². The van der Waals surface area contributed by atoms with E-state index in [0.717, 1.165) is 5.92 Å². The summed E-state index contributed by atoms with van der Waals surface area (Å²) in [7, 11) is 0. The molecule has 0 radical (unpaired) electrons. The fourth-order valence-corrected chi connectivity index (χ4v) is 1.83. The Labute approximate surface area is 83.9 Å². The van der Waals surface area contributed by atoms with Gasteiger partial charge in [0.15, 0.2) is 0 Å². The number of rotatable bonds is 1. The molecular formula is C5H10I2N2. The lowest BCUT2D eigenvalue weighted by atomic mass is 10.2. The molecule has 2 nitrogen and oxygen atoms in total. The number of hydrogen-bond acceptors (Lipinski definition) is 2. The van der Waals surface area contributed by atoms with E-state index in [2.05, 4.69) is 59.1 Å². The molecule has 1 aliphatic heterocycles. The second kappa shape index (κ2) is 3.68. The van der Waals surface area contributed by atoms with Crippen LogP contribution in [0.1, 0.15) is 13.3 Å². The number of hydrazine groups is 1. The first-order valence-electron chi connectivity index (χ1n) is 3.06. The van der Waals surface area contributed by atoms with Crippen LogP contribution in [0.4, 0.5) is 0 Å². The largest absolute Gasteiger partial charge is 0.223 e. The van der Waals surface area contributed by atoms with E-state index in [0.29, 0.717) is 0 Å². The van der Waals surface area contributed by atoms with Gasteiger partial charge in [-0.25, -0.2) is 5.01 Å². The molecule has 0 saturated carbocycles. The van der Waals surface area contributed by atoms with Crippen LogP contribution in [0.2, 0.25) is 0 Å². The van der Waals surface area contributed by atoms with E-state index in [1.165, 1.54) is 19.5 Å². The van der Waals surface area contributed by atoms with Crippen LogP contribution in [0.25, 0.3) is 0 Å². The molecule has 0 aromatic rings. The smallest absolute Gasteiger partial charge is 0.0491 e.